The second kappa shape index (κ2) is 6.84. The summed E-state index contributed by atoms with van der Waals surface area (Å²) in [5, 5.41) is 5.48. The average Bonchev–Trinajstić information content (AvgIpc) is 3.49. The van der Waals surface area contributed by atoms with Crippen LogP contribution in [0.4, 0.5) is 0 Å². The van der Waals surface area contributed by atoms with Gasteiger partial charge in [0.05, 0.1) is 5.56 Å². The fraction of sp³-hybridized carbons (Fsp3) is 0.0417. The molecule has 0 saturated heterocycles. The molecular formula is C24H15N3O4. The predicted octanol–water partition coefficient (Wildman–Crippen LogP) is 4.44. The predicted molar refractivity (Wildman–Crippen MR) is 114 cm³/mol. The first-order chi connectivity index (χ1) is 15.3. The highest BCUT2D eigenvalue weighted by atomic mass is 16.7. The number of nitrogens with zero attached hydrogens (tertiary/aromatic N) is 3. The Morgan fingerprint density at radius 2 is 1.61 bits per heavy atom. The van der Waals surface area contributed by atoms with Gasteiger partial charge in [-0.3, -0.25) is 9.36 Å². The maximum atomic E-state index is 13.1. The van der Waals surface area contributed by atoms with Crippen molar-refractivity contribution in [2.75, 3.05) is 6.79 Å². The minimum absolute atomic E-state index is 0.110. The number of hydrogen-bond acceptors (Lipinski definition) is 6. The van der Waals surface area contributed by atoms with Crippen LogP contribution in [0, 0.1) is 0 Å². The van der Waals surface area contributed by atoms with Crippen LogP contribution in [0.15, 0.2) is 88.3 Å². The van der Waals surface area contributed by atoms with Gasteiger partial charge in [0.25, 0.3) is 11.4 Å². The Morgan fingerprint density at radius 3 is 2.48 bits per heavy atom. The molecule has 1 aliphatic heterocycles. The van der Waals surface area contributed by atoms with E-state index in [9.17, 15) is 4.79 Å². The molecule has 150 valence electrons. The molecule has 0 saturated carbocycles. The van der Waals surface area contributed by atoms with Gasteiger partial charge in [-0.25, -0.2) is 0 Å². The Kier molecular flexibility index (Phi) is 3.86. The summed E-state index contributed by atoms with van der Waals surface area (Å²) in [6.07, 6.45) is 1.75. The number of hydrogen-bond donors (Lipinski definition) is 0. The van der Waals surface area contributed by atoms with E-state index in [2.05, 4.69) is 10.1 Å². The van der Waals surface area contributed by atoms with Gasteiger partial charge < -0.3 is 14.0 Å². The molecule has 6 rings (SSSR count). The second-order valence-electron chi connectivity index (χ2n) is 7.09. The van der Waals surface area contributed by atoms with Gasteiger partial charge in [-0.1, -0.05) is 41.6 Å². The molecule has 2 aromatic heterocycles. The first-order valence-corrected chi connectivity index (χ1v) is 9.72. The standard InChI is InChI=1S/C24H15N3O4/c28-24-18-9-5-4-8-17(18)19(13-27(24)16-6-2-1-3-7-16)23-25-22(26-31-23)15-10-11-20-21(12-15)30-14-29-20/h1-13H,14H2. The summed E-state index contributed by atoms with van der Waals surface area (Å²) >= 11 is 0. The molecule has 3 aromatic carbocycles. The number of benzene rings is 3. The van der Waals surface area contributed by atoms with Gasteiger partial charge in [0, 0.05) is 28.2 Å². The zero-order valence-corrected chi connectivity index (χ0v) is 16.2. The van der Waals surface area contributed by atoms with Gasteiger partial charge in [-0.2, -0.15) is 4.98 Å². The number of pyridine rings is 1. The quantitative estimate of drug-likeness (QED) is 0.438. The zero-order valence-electron chi connectivity index (χ0n) is 16.2. The van der Waals surface area contributed by atoms with Gasteiger partial charge >= 0.3 is 0 Å². The monoisotopic (exact) mass is 409 g/mol. The lowest BCUT2D eigenvalue weighted by molar-refractivity contribution is 0.174. The van der Waals surface area contributed by atoms with E-state index in [1.54, 1.807) is 16.8 Å². The molecule has 0 atom stereocenters. The molecule has 31 heavy (non-hydrogen) atoms. The molecule has 7 nitrogen and oxygen atoms in total. The van der Waals surface area contributed by atoms with E-state index in [1.807, 2.05) is 66.7 Å². The summed E-state index contributed by atoms with van der Waals surface area (Å²) in [7, 11) is 0. The minimum Gasteiger partial charge on any atom is -0.454 e. The third-order valence-corrected chi connectivity index (χ3v) is 5.25. The normalized spacial score (nSPS) is 12.4. The van der Waals surface area contributed by atoms with Crippen LogP contribution in [0.3, 0.4) is 0 Å². The van der Waals surface area contributed by atoms with Crippen molar-refractivity contribution in [3.8, 4) is 40.0 Å². The van der Waals surface area contributed by atoms with Gasteiger partial charge in [0.1, 0.15) is 0 Å². The van der Waals surface area contributed by atoms with Crippen molar-refractivity contribution < 1.29 is 14.0 Å². The molecular weight excluding hydrogens is 394 g/mol. The van der Waals surface area contributed by atoms with E-state index in [4.69, 9.17) is 14.0 Å². The first-order valence-electron chi connectivity index (χ1n) is 9.72. The number of aromatic nitrogens is 3. The van der Waals surface area contributed by atoms with Crippen molar-refractivity contribution >= 4 is 10.8 Å². The first kappa shape index (κ1) is 17.5. The average molecular weight is 409 g/mol. The summed E-state index contributed by atoms with van der Waals surface area (Å²) in [6, 6.07) is 22.3. The molecule has 0 unspecified atom stereocenters. The number of rotatable bonds is 3. The van der Waals surface area contributed by atoms with E-state index >= 15 is 0 Å². The molecule has 5 aromatic rings. The summed E-state index contributed by atoms with van der Waals surface area (Å²) in [6.45, 7) is 0.198. The minimum atomic E-state index is -0.110. The molecule has 3 heterocycles. The summed E-state index contributed by atoms with van der Waals surface area (Å²) in [5.41, 5.74) is 2.08. The highest BCUT2D eigenvalue weighted by Crippen LogP contribution is 2.36. The van der Waals surface area contributed by atoms with Crippen LogP contribution >= 0.6 is 0 Å². The van der Waals surface area contributed by atoms with Crippen LogP contribution in [0.25, 0.3) is 39.3 Å². The van der Waals surface area contributed by atoms with Crippen molar-refractivity contribution in [3.63, 3.8) is 0 Å². The Bertz CT molecular complexity index is 1490. The summed E-state index contributed by atoms with van der Waals surface area (Å²) in [4.78, 5) is 17.7. The molecule has 0 spiro atoms. The van der Waals surface area contributed by atoms with Crippen molar-refractivity contribution in [1.29, 1.82) is 0 Å². The maximum Gasteiger partial charge on any atom is 0.262 e. The third-order valence-electron chi connectivity index (χ3n) is 5.25. The summed E-state index contributed by atoms with van der Waals surface area (Å²) < 4.78 is 18.0. The van der Waals surface area contributed by atoms with Crippen LogP contribution in [-0.4, -0.2) is 21.5 Å². The van der Waals surface area contributed by atoms with Crippen molar-refractivity contribution in [2.24, 2.45) is 0 Å². The van der Waals surface area contributed by atoms with E-state index in [1.165, 1.54) is 0 Å². The van der Waals surface area contributed by atoms with Crippen LogP contribution in [0.1, 0.15) is 0 Å². The second-order valence-corrected chi connectivity index (χ2v) is 7.09. The SMILES string of the molecule is O=c1c2ccccc2c(-c2nc(-c3ccc4c(c3)OCO4)no2)cn1-c1ccccc1. The van der Waals surface area contributed by atoms with Crippen LogP contribution in [-0.2, 0) is 0 Å². The number of fused-ring (bicyclic) bond motifs is 2. The van der Waals surface area contributed by atoms with Gasteiger partial charge in [0.2, 0.25) is 12.6 Å². The summed E-state index contributed by atoms with van der Waals surface area (Å²) in [5.74, 6) is 2.09. The molecule has 0 N–H and O–H groups in total. The smallest absolute Gasteiger partial charge is 0.262 e. The zero-order chi connectivity index (χ0) is 20.8. The fourth-order valence-electron chi connectivity index (χ4n) is 3.73. The van der Waals surface area contributed by atoms with Crippen molar-refractivity contribution in [3.05, 3.63) is 89.3 Å². The van der Waals surface area contributed by atoms with E-state index in [-0.39, 0.29) is 12.4 Å². The van der Waals surface area contributed by atoms with E-state index in [0.29, 0.717) is 34.2 Å². The molecule has 1 aliphatic rings. The highest BCUT2D eigenvalue weighted by molar-refractivity contribution is 5.94. The molecule has 0 radical (unpaired) electrons. The van der Waals surface area contributed by atoms with Crippen LogP contribution in [0.5, 0.6) is 11.5 Å². The van der Waals surface area contributed by atoms with Gasteiger partial charge in [-0.05, 0) is 36.4 Å². The fourth-order valence-corrected chi connectivity index (χ4v) is 3.73. The molecule has 0 bridgehead atoms. The largest absolute Gasteiger partial charge is 0.454 e. The lowest BCUT2D eigenvalue weighted by atomic mass is 10.1. The molecule has 7 heteroatoms. The Hall–Kier alpha value is -4.39. The topological polar surface area (TPSA) is 79.4 Å². The third kappa shape index (κ3) is 2.86. The Balaban J connectivity index is 1.52. The van der Waals surface area contributed by atoms with Crippen LogP contribution in [0.2, 0.25) is 0 Å². The van der Waals surface area contributed by atoms with Crippen LogP contribution < -0.4 is 15.0 Å². The molecule has 0 amide bonds. The Morgan fingerprint density at radius 1 is 0.839 bits per heavy atom. The molecule has 0 aliphatic carbocycles. The van der Waals surface area contributed by atoms with Gasteiger partial charge in [0.15, 0.2) is 11.5 Å². The van der Waals surface area contributed by atoms with Gasteiger partial charge in [-0.15, -0.1) is 0 Å². The molecule has 0 fully saturated rings. The lowest BCUT2D eigenvalue weighted by Gasteiger charge is -2.10. The number of ether oxygens (including phenoxy) is 2. The van der Waals surface area contributed by atoms with E-state index in [0.717, 1.165) is 16.6 Å². The maximum absolute atomic E-state index is 13.1. The lowest BCUT2D eigenvalue weighted by Crippen LogP contribution is -2.18. The number of para-hydroxylation sites is 1. The van der Waals surface area contributed by atoms with E-state index < -0.39 is 0 Å². The Labute approximate surface area is 176 Å². The van der Waals surface area contributed by atoms with Crippen molar-refractivity contribution in [2.45, 2.75) is 0 Å². The van der Waals surface area contributed by atoms with Crippen molar-refractivity contribution in [1.82, 2.24) is 14.7 Å². The highest BCUT2D eigenvalue weighted by Gasteiger charge is 2.19.